The molecule has 0 amide bonds. The quantitative estimate of drug-likeness (QED) is 0.563. The van der Waals surface area contributed by atoms with E-state index in [1.165, 1.54) is 0 Å². The van der Waals surface area contributed by atoms with Gasteiger partial charge in [-0.05, 0) is 31.5 Å². The summed E-state index contributed by atoms with van der Waals surface area (Å²) in [4.78, 5) is 2.19. The summed E-state index contributed by atoms with van der Waals surface area (Å²) in [5, 5.41) is 27.9. The highest BCUT2D eigenvalue weighted by molar-refractivity contribution is 5.65. The smallest absolute Gasteiger partial charge is 0.172 e. The van der Waals surface area contributed by atoms with Gasteiger partial charge in [0.25, 0.3) is 0 Å². The molecule has 2 rings (SSSR count). The van der Waals surface area contributed by atoms with Crippen molar-refractivity contribution >= 4 is 11.8 Å². The van der Waals surface area contributed by atoms with E-state index in [0.29, 0.717) is 18.8 Å². The van der Waals surface area contributed by atoms with Crippen LogP contribution in [0.1, 0.15) is 19.4 Å². The molecule has 160 valence electrons. The molecular formula is C24H26N4O3. The topological polar surface area (TPSA) is 102 Å². The Balaban J connectivity index is 2.31. The Morgan fingerprint density at radius 2 is 1.58 bits per heavy atom. The van der Waals surface area contributed by atoms with E-state index in [1.54, 1.807) is 46.3 Å². The Bertz CT molecular complexity index is 975. The van der Waals surface area contributed by atoms with Gasteiger partial charge in [-0.1, -0.05) is 24.3 Å². The number of anilines is 1. The summed E-state index contributed by atoms with van der Waals surface area (Å²) in [5.74, 6) is 0.0411. The third kappa shape index (κ3) is 5.74. The fraction of sp³-hybridized carbons (Fsp3) is 0.375. The van der Waals surface area contributed by atoms with E-state index in [-0.39, 0.29) is 16.9 Å². The molecule has 1 heterocycles. The van der Waals surface area contributed by atoms with Crippen LogP contribution in [0.5, 0.6) is 0 Å². The lowest BCUT2D eigenvalue weighted by atomic mass is 9.94. The van der Waals surface area contributed by atoms with Crippen molar-refractivity contribution < 1.29 is 14.2 Å². The van der Waals surface area contributed by atoms with Gasteiger partial charge >= 0.3 is 0 Å². The molecule has 0 saturated heterocycles. The third-order valence-electron chi connectivity index (χ3n) is 4.90. The van der Waals surface area contributed by atoms with Gasteiger partial charge in [0.1, 0.15) is 29.4 Å². The van der Waals surface area contributed by atoms with Crippen LogP contribution < -0.4 is 4.90 Å². The van der Waals surface area contributed by atoms with Crippen LogP contribution in [-0.2, 0) is 14.2 Å². The Kier molecular flexibility index (Phi) is 8.41. The second kappa shape index (κ2) is 11.0. The lowest BCUT2D eigenvalue weighted by molar-refractivity contribution is 0.0954. The van der Waals surface area contributed by atoms with Crippen molar-refractivity contribution in [3.63, 3.8) is 0 Å². The fourth-order valence-electron chi connectivity index (χ4n) is 3.23. The second-order valence-corrected chi connectivity index (χ2v) is 7.34. The van der Waals surface area contributed by atoms with Crippen molar-refractivity contribution in [2.75, 3.05) is 45.4 Å². The molecule has 0 N–H and O–H groups in total. The van der Waals surface area contributed by atoms with Gasteiger partial charge in [-0.2, -0.15) is 15.8 Å². The first-order chi connectivity index (χ1) is 14.9. The number of methoxy groups -OCH3 is 2. The molecule has 7 heteroatoms. The van der Waals surface area contributed by atoms with E-state index in [9.17, 15) is 5.26 Å². The summed E-state index contributed by atoms with van der Waals surface area (Å²) < 4.78 is 16.2. The summed E-state index contributed by atoms with van der Waals surface area (Å²) in [5.41, 5.74) is 1.81. The maximum Gasteiger partial charge on any atom is 0.172 e. The highest BCUT2D eigenvalue weighted by atomic mass is 16.5. The molecule has 0 radical (unpaired) electrons. The van der Waals surface area contributed by atoms with Crippen molar-refractivity contribution in [1.29, 1.82) is 15.8 Å². The lowest BCUT2D eigenvalue weighted by Gasteiger charge is -2.24. The normalized spacial score (nSPS) is 14.7. The highest BCUT2D eigenvalue weighted by Gasteiger charge is 2.38. The minimum Gasteiger partial charge on any atom is -0.480 e. The summed E-state index contributed by atoms with van der Waals surface area (Å²) in [6, 6.07) is 13.7. The zero-order valence-corrected chi connectivity index (χ0v) is 18.3. The van der Waals surface area contributed by atoms with Crippen LogP contribution in [0.15, 0.2) is 52.8 Å². The molecule has 1 aliphatic heterocycles. The molecule has 0 fully saturated rings. The number of benzene rings is 1. The number of rotatable bonds is 9. The monoisotopic (exact) mass is 418 g/mol. The third-order valence-corrected chi connectivity index (χ3v) is 4.90. The molecule has 1 aromatic carbocycles. The molecule has 0 aromatic heterocycles. The zero-order chi connectivity index (χ0) is 22.9. The van der Waals surface area contributed by atoms with Gasteiger partial charge < -0.3 is 19.1 Å². The van der Waals surface area contributed by atoms with Crippen LogP contribution in [0.2, 0.25) is 0 Å². The van der Waals surface area contributed by atoms with Crippen LogP contribution in [0.25, 0.3) is 6.08 Å². The number of hydrogen-bond acceptors (Lipinski definition) is 7. The lowest BCUT2D eigenvalue weighted by Crippen LogP contribution is -2.30. The van der Waals surface area contributed by atoms with E-state index in [0.717, 1.165) is 24.3 Å². The molecule has 7 nitrogen and oxygen atoms in total. The van der Waals surface area contributed by atoms with Crippen LogP contribution in [0.3, 0.4) is 0 Å². The van der Waals surface area contributed by atoms with Crippen LogP contribution in [-0.4, -0.2) is 46.1 Å². The maximum atomic E-state index is 9.61. The SMILES string of the molecule is COCCN(CCOC)c1ccc(C=CC2=C(C#N)C(=C(C#N)C#N)OC2(C)C)cc1. The largest absolute Gasteiger partial charge is 0.480 e. The highest BCUT2D eigenvalue weighted by Crippen LogP contribution is 2.40. The Labute approximate surface area is 183 Å². The van der Waals surface area contributed by atoms with Crippen molar-refractivity contribution in [2.45, 2.75) is 19.4 Å². The summed E-state index contributed by atoms with van der Waals surface area (Å²) in [6.45, 7) is 6.36. The standard InChI is InChI=1S/C24H26N4O3/c1-24(2)22(21(17-27)23(31-24)19(15-25)16-26)10-7-18-5-8-20(9-6-18)28(11-13-29-3)12-14-30-4/h5-10H,11-14H2,1-4H3. The Morgan fingerprint density at radius 3 is 2.06 bits per heavy atom. The van der Waals surface area contributed by atoms with Gasteiger partial charge in [0, 0.05) is 38.6 Å². The molecule has 0 aliphatic carbocycles. The maximum absolute atomic E-state index is 9.61. The van der Waals surface area contributed by atoms with Crippen molar-refractivity contribution in [1.82, 2.24) is 0 Å². The molecular weight excluding hydrogens is 392 g/mol. The Hall–Kier alpha value is -3.57. The van der Waals surface area contributed by atoms with Gasteiger partial charge in [-0.15, -0.1) is 0 Å². The average molecular weight is 418 g/mol. The number of ether oxygens (including phenoxy) is 3. The number of nitrogens with zero attached hydrogens (tertiary/aromatic N) is 4. The summed E-state index contributed by atoms with van der Waals surface area (Å²) >= 11 is 0. The van der Waals surface area contributed by atoms with Gasteiger partial charge in [-0.3, -0.25) is 0 Å². The van der Waals surface area contributed by atoms with Crippen LogP contribution in [0.4, 0.5) is 5.69 Å². The van der Waals surface area contributed by atoms with E-state index in [2.05, 4.69) is 11.0 Å². The predicted octanol–water partition coefficient (Wildman–Crippen LogP) is 3.73. The molecule has 0 atom stereocenters. The number of nitriles is 3. The minimum absolute atomic E-state index is 0.0411. The Morgan fingerprint density at radius 1 is 1.00 bits per heavy atom. The van der Waals surface area contributed by atoms with Gasteiger partial charge in [0.2, 0.25) is 0 Å². The second-order valence-electron chi connectivity index (χ2n) is 7.34. The molecule has 31 heavy (non-hydrogen) atoms. The van der Waals surface area contributed by atoms with E-state index >= 15 is 0 Å². The number of hydrogen-bond donors (Lipinski definition) is 0. The first-order valence-electron chi connectivity index (χ1n) is 9.81. The summed E-state index contributed by atoms with van der Waals surface area (Å²) in [7, 11) is 3.36. The van der Waals surface area contributed by atoms with Crippen molar-refractivity contribution in [3.05, 3.63) is 58.4 Å². The van der Waals surface area contributed by atoms with Gasteiger partial charge in [0.05, 0.1) is 13.2 Å². The molecule has 1 aliphatic rings. The first kappa shape index (κ1) is 23.7. The average Bonchev–Trinajstić information content (AvgIpc) is 3.03. The van der Waals surface area contributed by atoms with E-state index in [1.807, 2.05) is 30.3 Å². The number of allylic oxidation sites excluding steroid dienone is 2. The zero-order valence-electron chi connectivity index (χ0n) is 18.3. The predicted molar refractivity (Wildman–Crippen MR) is 117 cm³/mol. The molecule has 0 spiro atoms. The fourth-order valence-corrected chi connectivity index (χ4v) is 3.23. The summed E-state index contributed by atoms with van der Waals surface area (Å²) in [6.07, 6.45) is 3.69. The first-order valence-corrected chi connectivity index (χ1v) is 9.81. The van der Waals surface area contributed by atoms with Crippen molar-refractivity contribution in [3.8, 4) is 18.2 Å². The van der Waals surface area contributed by atoms with Crippen molar-refractivity contribution in [2.24, 2.45) is 0 Å². The molecule has 0 saturated carbocycles. The molecule has 0 bridgehead atoms. The minimum atomic E-state index is -0.826. The molecule has 0 unspecified atom stereocenters. The van der Waals surface area contributed by atoms with Crippen LogP contribution >= 0.6 is 0 Å². The van der Waals surface area contributed by atoms with Gasteiger partial charge in [0.15, 0.2) is 11.3 Å². The van der Waals surface area contributed by atoms with E-state index < -0.39 is 5.60 Å². The van der Waals surface area contributed by atoms with Crippen LogP contribution in [0, 0.1) is 34.0 Å². The molecule has 1 aromatic rings. The van der Waals surface area contributed by atoms with Gasteiger partial charge in [-0.25, -0.2) is 0 Å². The van der Waals surface area contributed by atoms with E-state index in [4.69, 9.17) is 24.7 Å².